The number of hydrogen-bond acceptors (Lipinski definition) is 6. The van der Waals surface area contributed by atoms with Crippen molar-refractivity contribution in [3.8, 4) is 11.5 Å². The quantitative estimate of drug-likeness (QED) is 0.713. The minimum atomic E-state index is -3.87. The standard InChI is InChI=1S/C19H23NO5S/c1-23-16-8-10-19(11-9-16)26(21,22)25-17-6-4-15(5-7-17)13-20-14-18-3-2-12-24-18/h4-11,18,20H,2-3,12-14H2,1H3. The highest BCUT2D eigenvalue weighted by atomic mass is 32.2. The Kier molecular flexibility index (Phi) is 6.13. The first kappa shape index (κ1) is 18.7. The van der Waals surface area contributed by atoms with Crippen molar-refractivity contribution < 1.29 is 22.1 Å². The van der Waals surface area contributed by atoms with E-state index in [0.717, 1.165) is 31.6 Å². The number of methoxy groups -OCH3 is 1. The molecule has 0 aromatic heterocycles. The largest absolute Gasteiger partial charge is 0.497 e. The highest BCUT2D eigenvalue weighted by molar-refractivity contribution is 7.87. The molecule has 1 unspecified atom stereocenters. The van der Waals surface area contributed by atoms with Gasteiger partial charge < -0.3 is 19.0 Å². The van der Waals surface area contributed by atoms with E-state index in [1.807, 2.05) is 12.1 Å². The molecule has 3 rings (SSSR count). The molecule has 0 spiro atoms. The number of rotatable bonds is 8. The van der Waals surface area contributed by atoms with E-state index < -0.39 is 10.1 Å². The lowest BCUT2D eigenvalue weighted by molar-refractivity contribution is 0.110. The van der Waals surface area contributed by atoms with Crippen molar-refractivity contribution in [3.05, 3.63) is 54.1 Å². The molecule has 6 nitrogen and oxygen atoms in total. The zero-order chi connectivity index (χ0) is 18.4. The van der Waals surface area contributed by atoms with Gasteiger partial charge in [0.2, 0.25) is 0 Å². The summed E-state index contributed by atoms with van der Waals surface area (Å²) in [6, 6.07) is 13.1. The Morgan fingerprint density at radius 1 is 1.08 bits per heavy atom. The van der Waals surface area contributed by atoms with E-state index in [1.54, 1.807) is 24.3 Å². The van der Waals surface area contributed by atoms with Crippen LogP contribution in [0.2, 0.25) is 0 Å². The van der Waals surface area contributed by atoms with E-state index in [1.165, 1.54) is 19.2 Å². The van der Waals surface area contributed by atoms with Gasteiger partial charge in [0.05, 0.1) is 13.2 Å². The van der Waals surface area contributed by atoms with Crippen molar-refractivity contribution in [2.24, 2.45) is 0 Å². The molecule has 0 amide bonds. The van der Waals surface area contributed by atoms with Crippen LogP contribution in [-0.4, -0.2) is 34.8 Å². The third-order valence-electron chi connectivity index (χ3n) is 4.20. The van der Waals surface area contributed by atoms with Crippen LogP contribution in [0.15, 0.2) is 53.4 Å². The van der Waals surface area contributed by atoms with Crippen molar-refractivity contribution in [3.63, 3.8) is 0 Å². The first-order valence-corrected chi connectivity index (χ1v) is 9.97. The zero-order valence-corrected chi connectivity index (χ0v) is 15.5. The Labute approximate surface area is 154 Å². The van der Waals surface area contributed by atoms with Gasteiger partial charge in [0.25, 0.3) is 0 Å². The van der Waals surface area contributed by atoms with Crippen LogP contribution >= 0.6 is 0 Å². The van der Waals surface area contributed by atoms with E-state index in [4.69, 9.17) is 13.7 Å². The van der Waals surface area contributed by atoms with Gasteiger partial charge in [-0.05, 0) is 54.8 Å². The molecular formula is C19H23NO5S. The van der Waals surface area contributed by atoms with Crippen molar-refractivity contribution in [2.75, 3.05) is 20.3 Å². The molecule has 1 aliphatic rings. The fraction of sp³-hybridized carbons (Fsp3) is 0.368. The van der Waals surface area contributed by atoms with Crippen LogP contribution in [0.5, 0.6) is 11.5 Å². The van der Waals surface area contributed by atoms with Gasteiger partial charge >= 0.3 is 10.1 Å². The monoisotopic (exact) mass is 377 g/mol. The second-order valence-corrected chi connectivity index (χ2v) is 7.67. The van der Waals surface area contributed by atoms with Crippen LogP contribution in [0.25, 0.3) is 0 Å². The van der Waals surface area contributed by atoms with Crippen molar-refractivity contribution in [2.45, 2.75) is 30.4 Å². The van der Waals surface area contributed by atoms with Crippen molar-refractivity contribution in [1.82, 2.24) is 5.32 Å². The molecule has 1 fully saturated rings. The number of ether oxygens (including phenoxy) is 2. The van der Waals surface area contributed by atoms with Crippen molar-refractivity contribution >= 4 is 10.1 Å². The summed E-state index contributed by atoms with van der Waals surface area (Å²) in [5.41, 5.74) is 1.05. The lowest BCUT2D eigenvalue weighted by Crippen LogP contribution is -2.25. The Hall–Kier alpha value is -2.09. The molecule has 0 aliphatic carbocycles. The Bertz CT molecular complexity index is 797. The minimum absolute atomic E-state index is 0.0839. The van der Waals surface area contributed by atoms with Crippen molar-refractivity contribution in [1.29, 1.82) is 0 Å². The third-order valence-corrected chi connectivity index (χ3v) is 5.46. The average molecular weight is 377 g/mol. The first-order chi connectivity index (χ1) is 12.6. The van der Waals surface area contributed by atoms with Gasteiger partial charge in [0.15, 0.2) is 0 Å². The zero-order valence-electron chi connectivity index (χ0n) is 14.7. The predicted molar refractivity (Wildman–Crippen MR) is 97.9 cm³/mol. The molecule has 7 heteroatoms. The molecule has 0 bridgehead atoms. The lowest BCUT2D eigenvalue weighted by Gasteiger charge is -2.11. The van der Waals surface area contributed by atoms with Gasteiger partial charge in [0, 0.05) is 19.7 Å². The molecule has 1 aliphatic heterocycles. The average Bonchev–Trinajstić information content (AvgIpc) is 3.16. The molecule has 0 radical (unpaired) electrons. The fourth-order valence-electron chi connectivity index (χ4n) is 2.76. The third kappa shape index (κ3) is 4.97. The van der Waals surface area contributed by atoms with E-state index in [-0.39, 0.29) is 10.6 Å². The molecule has 0 saturated carbocycles. The highest BCUT2D eigenvalue weighted by Gasteiger charge is 2.17. The minimum Gasteiger partial charge on any atom is -0.497 e. The summed E-state index contributed by atoms with van der Waals surface area (Å²) in [4.78, 5) is 0.0839. The van der Waals surface area contributed by atoms with Gasteiger partial charge in [-0.1, -0.05) is 12.1 Å². The summed E-state index contributed by atoms with van der Waals surface area (Å²) in [6.45, 7) is 2.37. The molecule has 1 saturated heterocycles. The molecule has 2 aromatic carbocycles. The van der Waals surface area contributed by atoms with Gasteiger partial charge in [-0.15, -0.1) is 0 Å². The highest BCUT2D eigenvalue weighted by Crippen LogP contribution is 2.21. The summed E-state index contributed by atoms with van der Waals surface area (Å²) in [7, 11) is -2.34. The smallest absolute Gasteiger partial charge is 0.339 e. The van der Waals surface area contributed by atoms with Gasteiger partial charge in [-0.3, -0.25) is 0 Å². The summed E-state index contributed by atoms with van der Waals surface area (Å²) in [5, 5.41) is 3.35. The molecular weight excluding hydrogens is 354 g/mol. The van der Waals surface area contributed by atoms with Gasteiger partial charge in [-0.25, -0.2) is 0 Å². The Morgan fingerprint density at radius 3 is 2.38 bits per heavy atom. The lowest BCUT2D eigenvalue weighted by atomic mass is 10.2. The summed E-state index contributed by atoms with van der Waals surface area (Å²) in [6.07, 6.45) is 2.52. The second kappa shape index (κ2) is 8.53. The number of nitrogens with one attached hydrogen (secondary N) is 1. The Morgan fingerprint density at radius 2 is 1.77 bits per heavy atom. The van der Waals surface area contributed by atoms with Crippen LogP contribution < -0.4 is 14.2 Å². The molecule has 26 heavy (non-hydrogen) atoms. The van der Waals surface area contributed by atoms with E-state index >= 15 is 0 Å². The SMILES string of the molecule is COc1ccc(S(=O)(=O)Oc2ccc(CNCC3CCCO3)cc2)cc1. The maximum absolute atomic E-state index is 12.3. The van der Waals surface area contributed by atoms with Gasteiger partial charge in [-0.2, -0.15) is 8.42 Å². The predicted octanol–water partition coefficient (Wildman–Crippen LogP) is 2.73. The maximum Gasteiger partial charge on any atom is 0.339 e. The topological polar surface area (TPSA) is 73.9 Å². The Balaban J connectivity index is 1.55. The van der Waals surface area contributed by atoms with Gasteiger partial charge in [0.1, 0.15) is 16.4 Å². The molecule has 140 valence electrons. The first-order valence-electron chi connectivity index (χ1n) is 8.56. The van der Waals surface area contributed by atoms with Crippen LogP contribution in [0.3, 0.4) is 0 Å². The summed E-state index contributed by atoms with van der Waals surface area (Å²) in [5.74, 6) is 0.868. The van der Waals surface area contributed by atoms with Crippen LogP contribution in [0.1, 0.15) is 18.4 Å². The van der Waals surface area contributed by atoms with E-state index in [9.17, 15) is 8.42 Å². The normalized spacial score (nSPS) is 17.2. The van der Waals surface area contributed by atoms with E-state index in [2.05, 4.69) is 5.32 Å². The summed E-state index contributed by atoms with van der Waals surface area (Å²) >= 11 is 0. The summed E-state index contributed by atoms with van der Waals surface area (Å²) < 4.78 is 40.4. The van der Waals surface area contributed by atoms with E-state index in [0.29, 0.717) is 18.4 Å². The maximum atomic E-state index is 12.3. The molecule has 1 N–H and O–H groups in total. The number of benzene rings is 2. The van der Waals surface area contributed by atoms with Crippen LogP contribution in [0.4, 0.5) is 0 Å². The second-order valence-electron chi connectivity index (χ2n) is 6.12. The molecule has 1 atom stereocenters. The molecule has 2 aromatic rings. The fourth-order valence-corrected chi connectivity index (χ4v) is 3.69. The van der Waals surface area contributed by atoms with Crippen LogP contribution in [-0.2, 0) is 21.4 Å². The number of hydrogen-bond donors (Lipinski definition) is 1. The van der Waals surface area contributed by atoms with Crippen LogP contribution in [0, 0.1) is 0 Å². The molecule has 1 heterocycles.